The molecule has 0 radical (unpaired) electrons. The van der Waals surface area contributed by atoms with Crippen LogP contribution in [-0.2, 0) is 6.42 Å². The fourth-order valence-electron chi connectivity index (χ4n) is 2.77. The van der Waals surface area contributed by atoms with E-state index in [0.29, 0.717) is 11.3 Å². The molecular weight excluding hydrogens is 286 g/mol. The summed E-state index contributed by atoms with van der Waals surface area (Å²) < 4.78 is 5.38. The molecule has 1 aromatic heterocycles. The van der Waals surface area contributed by atoms with Crippen molar-refractivity contribution in [3.63, 3.8) is 0 Å². The maximum Gasteiger partial charge on any atom is 0.170 e. The van der Waals surface area contributed by atoms with Crippen molar-refractivity contribution in [3.8, 4) is 0 Å². The van der Waals surface area contributed by atoms with Gasteiger partial charge in [-0.15, -0.1) is 0 Å². The molecule has 1 aromatic carbocycles. The molecule has 2 aromatic rings. The van der Waals surface area contributed by atoms with Gasteiger partial charge in [0.25, 0.3) is 0 Å². The van der Waals surface area contributed by atoms with E-state index in [4.69, 9.17) is 0 Å². The number of aromatic nitrogens is 2. The van der Waals surface area contributed by atoms with Gasteiger partial charge in [0, 0.05) is 11.3 Å². The fourth-order valence-corrected chi connectivity index (χ4v) is 4.91. The zero-order valence-corrected chi connectivity index (χ0v) is 13.4. The number of hydrogen-bond acceptors (Lipinski definition) is 5. The van der Waals surface area contributed by atoms with Crippen molar-refractivity contribution < 1.29 is 0 Å². The fraction of sp³-hybridized carbons (Fsp3) is 0.467. The molecule has 20 heavy (non-hydrogen) atoms. The topological polar surface area (TPSA) is 37.8 Å². The Balaban J connectivity index is 1.84. The largest absolute Gasteiger partial charge is 0.309 e. The Hall–Kier alpha value is -0.910. The van der Waals surface area contributed by atoms with Crippen molar-refractivity contribution in [2.24, 2.45) is 0 Å². The van der Waals surface area contributed by atoms with Gasteiger partial charge in [0.1, 0.15) is 5.82 Å². The van der Waals surface area contributed by atoms with Gasteiger partial charge < -0.3 is 5.32 Å². The Morgan fingerprint density at radius 1 is 1.40 bits per heavy atom. The molecule has 0 aliphatic heterocycles. The molecule has 106 valence electrons. The highest BCUT2D eigenvalue weighted by molar-refractivity contribution is 8.01. The second kappa shape index (κ2) is 6.24. The zero-order chi connectivity index (χ0) is 13.9. The third-order valence-corrected chi connectivity index (χ3v) is 5.86. The summed E-state index contributed by atoms with van der Waals surface area (Å²) in [4.78, 5) is 4.50. The van der Waals surface area contributed by atoms with Gasteiger partial charge in [-0.3, -0.25) is 0 Å². The van der Waals surface area contributed by atoms with Gasteiger partial charge in [-0.25, -0.2) is 4.98 Å². The third-order valence-electron chi connectivity index (χ3n) is 3.65. The smallest absolute Gasteiger partial charge is 0.170 e. The monoisotopic (exact) mass is 305 g/mol. The predicted molar refractivity (Wildman–Crippen MR) is 85.5 cm³/mol. The van der Waals surface area contributed by atoms with Crippen molar-refractivity contribution in [1.82, 2.24) is 14.7 Å². The lowest BCUT2D eigenvalue weighted by atomic mass is 9.87. The highest BCUT2D eigenvalue weighted by Crippen LogP contribution is 2.40. The zero-order valence-electron chi connectivity index (χ0n) is 11.8. The SMILES string of the molecule is CCNC1c2ccccc2CCC1Sc1nc(C)ns1. The van der Waals surface area contributed by atoms with E-state index in [-0.39, 0.29) is 0 Å². The van der Waals surface area contributed by atoms with Crippen molar-refractivity contribution in [2.75, 3.05) is 6.54 Å². The highest BCUT2D eigenvalue weighted by Gasteiger charge is 2.30. The third kappa shape index (κ3) is 2.90. The van der Waals surface area contributed by atoms with Crippen LogP contribution in [0.25, 0.3) is 0 Å². The maximum atomic E-state index is 4.50. The van der Waals surface area contributed by atoms with Crippen LogP contribution in [0.3, 0.4) is 0 Å². The van der Waals surface area contributed by atoms with Crippen molar-refractivity contribution in [2.45, 2.75) is 42.3 Å². The van der Waals surface area contributed by atoms with E-state index in [2.05, 4.69) is 45.9 Å². The number of nitrogens with one attached hydrogen (secondary N) is 1. The molecule has 1 N–H and O–H groups in total. The summed E-state index contributed by atoms with van der Waals surface area (Å²) in [6.07, 6.45) is 2.35. The number of rotatable bonds is 4. The summed E-state index contributed by atoms with van der Waals surface area (Å²) in [7, 11) is 0. The van der Waals surface area contributed by atoms with Gasteiger partial charge in [0.2, 0.25) is 0 Å². The van der Waals surface area contributed by atoms with Gasteiger partial charge in [-0.1, -0.05) is 43.0 Å². The minimum Gasteiger partial charge on any atom is -0.309 e. The van der Waals surface area contributed by atoms with Crippen LogP contribution in [0.2, 0.25) is 0 Å². The average Bonchev–Trinajstić information content (AvgIpc) is 2.87. The van der Waals surface area contributed by atoms with Crippen LogP contribution < -0.4 is 5.32 Å². The minimum absolute atomic E-state index is 0.416. The molecule has 1 heterocycles. The minimum atomic E-state index is 0.416. The number of fused-ring (bicyclic) bond motifs is 1. The molecule has 1 aliphatic carbocycles. The molecule has 3 rings (SSSR count). The molecule has 0 amide bonds. The Labute approximate surface area is 128 Å². The molecule has 1 aliphatic rings. The molecule has 0 saturated heterocycles. The quantitative estimate of drug-likeness (QED) is 0.936. The van der Waals surface area contributed by atoms with E-state index < -0.39 is 0 Å². The number of benzene rings is 1. The number of hydrogen-bond donors (Lipinski definition) is 1. The summed E-state index contributed by atoms with van der Waals surface area (Å²) in [6.45, 7) is 5.12. The first kappa shape index (κ1) is 14.0. The van der Waals surface area contributed by atoms with E-state index in [9.17, 15) is 0 Å². The number of aryl methyl sites for hydroxylation is 2. The van der Waals surface area contributed by atoms with E-state index in [1.54, 1.807) is 0 Å². The summed E-state index contributed by atoms with van der Waals surface area (Å²) in [6, 6.07) is 9.23. The van der Waals surface area contributed by atoms with Crippen molar-refractivity contribution in [3.05, 3.63) is 41.2 Å². The Kier molecular flexibility index (Phi) is 4.38. The van der Waals surface area contributed by atoms with Gasteiger partial charge >= 0.3 is 0 Å². The standard InChI is InChI=1S/C15H19N3S2/c1-3-16-14-12-7-5-4-6-11(12)8-9-13(14)19-15-17-10(2)18-20-15/h4-7,13-14,16H,3,8-9H2,1-2H3. The van der Waals surface area contributed by atoms with Crippen molar-refractivity contribution in [1.29, 1.82) is 0 Å². The molecule has 0 bridgehead atoms. The molecule has 2 unspecified atom stereocenters. The lowest BCUT2D eigenvalue weighted by Crippen LogP contribution is -2.34. The molecule has 0 spiro atoms. The summed E-state index contributed by atoms with van der Waals surface area (Å²) in [5.41, 5.74) is 2.95. The normalized spacial score (nSPS) is 21.7. The van der Waals surface area contributed by atoms with Crippen LogP contribution in [0.1, 0.15) is 36.3 Å². The maximum absolute atomic E-state index is 4.50. The lowest BCUT2D eigenvalue weighted by molar-refractivity contribution is 0.484. The first-order valence-corrected chi connectivity index (χ1v) is 8.71. The van der Waals surface area contributed by atoms with E-state index in [0.717, 1.165) is 23.1 Å². The Morgan fingerprint density at radius 3 is 3.00 bits per heavy atom. The van der Waals surface area contributed by atoms with Crippen LogP contribution in [0.15, 0.2) is 28.6 Å². The van der Waals surface area contributed by atoms with Crippen molar-refractivity contribution >= 4 is 23.3 Å². The van der Waals surface area contributed by atoms with Crippen LogP contribution in [0.5, 0.6) is 0 Å². The molecule has 0 fully saturated rings. The molecule has 0 saturated carbocycles. The van der Waals surface area contributed by atoms with Gasteiger partial charge in [-0.05, 0) is 49.0 Å². The molecular formula is C15H19N3S2. The van der Waals surface area contributed by atoms with Crippen LogP contribution in [0.4, 0.5) is 0 Å². The highest BCUT2D eigenvalue weighted by atomic mass is 32.2. The van der Waals surface area contributed by atoms with E-state index >= 15 is 0 Å². The molecule has 5 heteroatoms. The van der Waals surface area contributed by atoms with Gasteiger partial charge in [-0.2, -0.15) is 4.37 Å². The Morgan fingerprint density at radius 2 is 2.25 bits per heavy atom. The van der Waals surface area contributed by atoms with Crippen LogP contribution >= 0.6 is 23.3 Å². The Bertz CT molecular complexity index is 582. The first-order chi connectivity index (χ1) is 9.78. The summed E-state index contributed by atoms with van der Waals surface area (Å²) in [5, 5.41) is 4.19. The summed E-state index contributed by atoms with van der Waals surface area (Å²) >= 11 is 3.40. The van der Waals surface area contributed by atoms with Crippen LogP contribution in [0, 0.1) is 6.92 Å². The molecule has 2 atom stereocenters. The average molecular weight is 305 g/mol. The molecule has 3 nitrogen and oxygen atoms in total. The number of nitrogens with zero attached hydrogens (tertiary/aromatic N) is 2. The van der Waals surface area contributed by atoms with Gasteiger partial charge in [0.05, 0.1) is 0 Å². The summed E-state index contributed by atoms with van der Waals surface area (Å²) in [5.74, 6) is 0.883. The predicted octanol–water partition coefficient (Wildman–Crippen LogP) is 3.60. The van der Waals surface area contributed by atoms with Crippen LogP contribution in [-0.4, -0.2) is 21.2 Å². The second-order valence-corrected chi connectivity index (χ2v) is 7.27. The second-order valence-electron chi connectivity index (χ2n) is 5.04. The first-order valence-electron chi connectivity index (χ1n) is 7.06. The van der Waals surface area contributed by atoms with E-state index in [1.807, 2.05) is 18.7 Å². The lowest BCUT2D eigenvalue weighted by Gasteiger charge is -2.33. The number of thioether (sulfide) groups is 1. The van der Waals surface area contributed by atoms with E-state index in [1.165, 1.54) is 29.1 Å². The van der Waals surface area contributed by atoms with Gasteiger partial charge in [0.15, 0.2) is 4.34 Å².